The van der Waals surface area contributed by atoms with Crippen molar-refractivity contribution in [2.45, 2.75) is 32.7 Å². The van der Waals surface area contributed by atoms with E-state index in [1.165, 1.54) is 5.56 Å². The number of hydrogen-bond donors (Lipinski definition) is 1. The van der Waals surface area contributed by atoms with Gasteiger partial charge in [-0.3, -0.25) is 4.79 Å². The van der Waals surface area contributed by atoms with E-state index < -0.39 is 0 Å². The smallest absolute Gasteiger partial charge is 0.250 e. The van der Waals surface area contributed by atoms with Crippen LogP contribution < -0.4 is 10.9 Å². The molecule has 2 aromatic rings. The average Bonchev–Trinajstić information content (AvgIpc) is 2.48. The fourth-order valence-electron chi connectivity index (χ4n) is 2.22. The molecule has 0 aliphatic heterocycles. The van der Waals surface area contributed by atoms with Gasteiger partial charge in [-0.15, -0.1) is 0 Å². The summed E-state index contributed by atoms with van der Waals surface area (Å²) in [6, 6.07) is 14.0. The first-order valence-corrected chi connectivity index (χ1v) is 7.28. The Bertz CT molecular complexity index is 575. The number of hydrogen-bond acceptors (Lipinski definition) is 2. The molecular weight excluding hydrogens is 248 g/mol. The molecule has 20 heavy (non-hydrogen) atoms. The molecule has 0 unspecified atom stereocenters. The normalized spacial score (nSPS) is 10.4. The average molecular weight is 270 g/mol. The molecule has 3 nitrogen and oxygen atoms in total. The van der Waals surface area contributed by atoms with Crippen LogP contribution in [-0.4, -0.2) is 11.1 Å². The van der Waals surface area contributed by atoms with Crippen LogP contribution in [-0.2, 0) is 13.0 Å². The molecule has 0 spiro atoms. The van der Waals surface area contributed by atoms with E-state index in [2.05, 4.69) is 36.5 Å². The van der Waals surface area contributed by atoms with E-state index in [4.69, 9.17) is 0 Å². The lowest BCUT2D eigenvalue weighted by atomic mass is 10.1. The summed E-state index contributed by atoms with van der Waals surface area (Å²) in [7, 11) is 0. The van der Waals surface area contributed by atoms with E-state index >= 15 is 0 Å². The van der Waals surface area contributed by atoms with Gasteiger partial charge < -0.3 is 9.88 Å². The number of pyridine rings is 1. The molecule has 0 saturated heterocycles. The number of benzene rings is 1. The second kappa shape index (κ2) is 7.53. The van der Waals surface area contributed by atoms with Gasteiger partial charge in [-0.05, 0) is 30.9 Å². The zero-order valence-electron chi connectivity index (χ0n) is 12.0. The van der Waals surface area contributed by atoms with E-state index in [0.29, 0.717) is 0 Å². The number of nitrogens with one attached hydrogen (secondary N) is 1. The van der Waals surface area contributed by atoms with E-state index in [1.54, 1.807) is 10.6 Å². The molecule has 0 radical (unpaired) electrons. The lowest BCUT2D eigenvalue weighted by Gasteiger charge is -2.09. The van der Waals surface area contributed by atoms with Gasteiger partial charge in [0.25, 0.3) is 5.56 Å². The maximum atomic E-state index is 11.6. The molecular formula is C17H22N2O. The molecule has 1 aromatic heterocycles. The van der Waals surface area contributed by atoms with Crippen LogP contribution in [0.15, 0.2) is 53.5 Å². The van der Waals surface area contributed by atoms with Crippen LogP contribution in [0.2, 0.25) is 0 Å². The minimum atomic E-state index is 0.0710. The van der Waals surface area contributed by atoms with Gasteiger partial charge >= 0.3 is 0 Å². The van der Waals surface area contributed by atoms with Gasteiger partial charge in [0.1, 0.15) is 0 Å². The molecule has 0 fully saturated rings. The van der Waals surface area contributed by atoms with Crippen LogP contribution in [0.25, 0.3) is 0 Å². The van der Waals surface area contributed by atoms with Gasteiger partial charge in [-0.1, -0.05) is 37.3 Å². The van der Waals surface area contributed by atoms with Gasteiger partial charge in [0.15, 0.2) is 0 Å². The van der Waals surface area contributed by atoms with Crippen molar-refractivity contribution in [2.75, 3.05) is 11.9 Å². The van der Waals surface area contributed by atoms with Crippen molar-refractivity contribution in [3.05, 3.63) is 64.6 Å². The SMILES string of the molecule is CCCn1cc(NCCCc2ccccc2)ccc1=O. The van der Waals surface area contributed by atoms with Crippen molar-refractivity contribution < 1.29 is 0 Å². The zero-order valence-corrected chi connectivity index (χ0v) is 12.0. The number of aryl methyl sites for hydroxylation is 2. The summed E-state index contributed by atoms with van der Waals surface area (Å²) < 4.78 is 1.76. The molecule has 2 rings (SSSR count). The number of aromatic nitrogens is 1. The Hall–Kier alpha value is -2.03. The minimum Gasteiger partial charge on any atom is -0.384 e. The molecule has 0 amide bonds. The summed E-state index contributed by atoms with van der Waals surface area (Å²) in [6.07, 6.45) is 5.03. The highest BCUT2D eigenvalue weighted by atomic mass is 16.1. The second-order valence-corrected chi connectivity index (χ2v) is 4.97. The summed E-state index contributed by atoms with van der Waals surface area (Å²) in [5.74, 6) is 0. The van der Waals surface area contributed by atoms with Crippen LogP contribution in [0.3, 0.4) is 0 Å². The Labute approximate surface area is 120 Å². The van der Waals surface area contributed by atoms with Gasteiger partial charge in [0, 0.05) is 25.4 Å². The Morgan fingerprint density at radius 3 is 2.65 bits per heavy atom. The standard InChI is InChI=1S/C17H22N2O/c1-2-13-19-14-16(10-11-17(19)20)18-12-6-9-15-7-4-3-5-8-15/h3-5,7-8,10-11,14,18H,2,6,9,12-13H2,1H3. The Balaban J connectivity index is 1.82. The van der Waals surface area contributed by atoms with E-state index in [9.17, 15) is 4.79 Å². The van der Waals surface area contributed by atoms with Gasteiger partial charge in [0.2, 0.25) is 0 Å². The molecule has 1 aromatic carbocycles. The molecule has 0 saturated carbocycles. The van der Waals surface area contributed by atoms with Crippen LogP contribution in [0.5, 0.6) is 0 Å². The Kier molecular flexibility index (Phi) is 5.42. The molecule has 1 N–H and O–H groups in total. The fraction of sp³-hybridized carbons (Fsp3) is 0.353. The molecule has 0 aliphatic rings. The zero-order chi connectivity index (χ0) is 14.2. The summed E-state index contributed by atoms with van der Waals surface area (Å²) in [6.45, 7) is 3.77. The van der Waals surface area contributed by atoms with E-state index in [-0.39, 0.29) is 5.56 Å². The maximum absolute atomic E-state index is 11.6. The van der Waals surface area contributed by atoms with Crippen LogP contribution in [0.4, 0.5) is 5.69 Å². The topological polar surface area (TPSA) is 34.0 Å². The number of rotatable bonds is 7. The summed E-state index contributed by atoms with van der Waals surface area (Å²) in [5, 5.41) is 3.38. The fourth-order valence-corrected chi connectivity index (χ4v) is 2.22. The van der Waals surface area contributed by atoms with Gasteiger partial charge in [-0.25, -0.2) is 0 Å². The maximum Gasteiger partial charge on any atom is 0.250 e. The number of anilines is 1. The first-order valence-electron chi connectivity index (χ1n) is 7.28. The first kappa shape index (κ1) is 14.4. The van der Waals surface area contributed by atoms with Crippen molar-refractivity contribution in [3.8, 4) is 0 Å². The third kappa shape index (κ3) is 4.26. The lowest BCUT2D eigenvalue weighted by Crippen LogP contribution is -2.19. The van der Waals surface area contributed by atoms with Gasteiger partial charge in [0.05, 0.1) is 5.69 Å². The molecule has 0 aliphatic carbocycles. The van der Waals surface area contributed by atoms with Crippen LogP contribution >= 0.6 is 0 Å². The highest BCUT2D eigenvalue weighted by Gasteiger charge is 1.98. The predicted molar refractivity (Wildman–Crippen MR) is 84.2 cm³/mol. The van der Waals surface area contributed by atoms with Crippen molar-refractivity contribution in [2.24, 2.45) is 0 Å². The Morgan fingerprint density at radius 1 is 1.10 bits per heavy atom. The summed E-state index contributed by atoms with van der Waals surface area (Å²) in [5.41, 5.74) is 2.46. The summed E-state index contributed by atoms with van der Waals surface area (Å²) >= 11 is 0. The lowest BCUT2D eigenvalue weighted by molar-refractivity contribution is 0.654. The molecule has 0 atom stereocenters. The molecule has 1 heterocycles. The van der Waals surface area contributed by atoms with Crippen LogP contribution in [0.1, 0.15) is 25.3 Å². The molecule has 0 bridgehead atoms. The van der Waals surface area contributed by atoms with Crippen LogP contribution in [0, 0.1) is 0 Å². The largest absolute Gasteiger partial charge is 0.384 e. The second-order valence-electron chi connectivity index (χ2n) is 4.97. The first-order chi connectivity index (χ1) is 9.79. The molecule has 3 heteroatoms. The highest BCUT2D eigenvalue weighted by Crippen LogP contribution is 2.06. The van der Waals surface area contributed by atoms with Crippen molar-refractivity contribution in [1.82, 2.24) is 4.57 Å². The van der Waals surface area contributed by atoms with Gasteiger partial charge in [-0.2, -0.15) is 0 Å². The van der Waals surface area contributed by atoms with Crippen molar-refractivity contribution >= 4 is 5.69 Å². The summed E-state index contributed by atoms with van der Waals surface area (Å²) in [4.78, 5) is 11.6. The highest BCUT2D eigenvalue weighted by molar-refractivity contribution is 5.40. The quantitative estimate of drug-likeness (QED) is 0.783. The number of nitrogens with zero attached hydrogens (tertiary/aromatic N) is 1. The van der Waals surface area contributed by atoms with Crippen molar-refractivity contribution in [3.63, 3.8) is 0 Å². The molecule has 106 valence electrons. The van der Waals surface area contributed by atoms with E-state index in [0.717, 1.165) is 38.0 Å². The Morgan fingerprint density at radius 2 is 1.90 bits per heavy atom. The predicted octanol–water partition coefficient (Wildman–Crippen LogP) is 3.30. The van der Waals surface area contributed by atoms with Crippen molar-refractivity contribution in [1.29, 1.82) is 0 Å². The third-order valence-corrected chi connectivity index (χ3v) is 3.26. The third-order valence-electron chi connectivity index (χ3n) is 3.26. The monoisotopic (exact) mass is 270 g/mol. The van der Waals surface area contributed by atoms with E-state index in [1.807, 2.05) is 18.3 Å². The minimum absolute atomic E-state index is 0.0710.